The molecule has 2 heterocycles. The zero-order valence-corrected chi connectivity index (χ0v) is 52.8. The number of benzene rings is 2. The second-order valence-electron chi connectivity index (χ2n) is 28.9. The lowest BCUT2D eigenvalue weighted by Gasteiger charge is -2.49. The standard InChI is InChI=1S/C62H100N2O13.C7H6O/c1-59(2)30-47(64-33-55(77-58(64)69)39-74-53-28-20-46(21-29-53)60(3,4)43-14-22-50(23-15-43)71-35-48(65)34-70-8)31-62(7,40-59)41-63-32-54(76-57(63)68)38-73-52-26-18-45(19-27-52)61(5,6)44-16-24-51(25-17-44)72-36-49(66)37-75-56(67)42-12-10-9-11-13-42;8-6-7-4-2-1-3-5-7/h9-13,43-55,65-66H,14-41H2,1-8H3;1-6H. The van der Waals surface area contributed by atoms with Crippen LogP contribution in [-0.2, 0) is 37.9 Å². The van der Waals surface area contributed by atoms with Crippen molar-refractivity contribution in [2.24, 2.45) is 45.3 Å². The Morgan fingerprint density at radius 1 is 0.600 bits per heavy atom. The van der Waals surface area contributed by atoms with Crippen LogP contribution in [0.3, 0.4) is 0 Å². The molecule has 2 aromatic rings. The first-order chi connectivity index (χ1) is 40.6. The van der Waals surface area contributed by atoms with Gasteiger partial charge in [-0.2, -0.15) is 0 Å². The quantitative estimate of drug-likeness (QED) is 0.0542. The van der Waals surface area contributed by atoms with Crippen molar-refractivity contribution in [3.8, 4) is 0 Å². The Kier molecular flexibility index (Phi) is 24.2. The Bertz CT molecular complexity index is 2360. The molecule has 9 rings (SSSR count). The summed E-state index contributed by atoms with van der Waals surface area (Å²) < 4.78 is 47.4. The van der Waals surface area contributed by atoms with Crippen LogP contribution in [0.1, 0.15) is 191 Å². The number of rotatable bonds is 25. The molecule has 0 aromatic heterocycles. The van der Waals surface area contributed by atoms with Gasteiger partial charge in [0.05, 0.1) is 76.1 Å². The number of aliphatic hydroxyl groups is 2. The molecule has 2 amide bonds. The summed E-state index contributed by atoms with van der Waals surface area (Å²) in [4.78, 5) is 53.1. The van der Waals surface area contributed by atoms with Crippen molar-refractivity contribution in [2.45, 2.75) is 225 Å². The Labute approximate surface area is 508 Å². The maximum Gasteiger partial charge on any atom is 0.410 e. The first-order valence-electron chi connectivity index (χ1n) is 32.6. The second-order valence-corrected chi connectivity index (χ2v) is 28.9. The van der Waals surface area contributed by atoms with E-state index in [9.17, 15) is 29.4 Å². The monoisotopic (exact) mass is 1190 g/mol. The lowest BCUT2D eigenvalue weighted by molar-refractivity contribution is -0.0664. The summed E-state index contributed by atoms with van der Waals surface area (Å²) >= 11 is 0. The summed E-state index contributed by atoms with van der Waals surface area (Å²) in [5.74, 6) is 2.10. The summed E-state index contributed by atoms with van der Waals surface area (Å²) in [6.45, 7) is 19.8. The number of aliphatic hydroxyl groups excluding tert-OH is 2. The third-order valence-electron chi connectivity index (χ3n) is 21.0. The number of aldehydes is 1. The van der Waals surface area contributed by atoms with Gasteiger partial charge >= 0.3 is 18.2 Å². The van der Waals surface area contributed by atoms with Crippen LogP contribution < -0.4 is 0 Å². The van der Waals surface area contributed by atoms with Crippen LogP contribution in [-0.4, -0.2) is 166 Å². The van der Waals surface area contributed by atoms with Gasteiger partial charge in [0, 0.05) is 25.3 Å². The van der Waals surface area contributed by atoms with Crippen molar-refractivity contribution in [3.63, 3.8) is 0 Å². The largest absolute Gasteiger partial charge is 0.459 e. The predicted octanol–water partition coefficient (Wildman–Crippen LogP) is 12.3. The molecular weight excluding hydrogens is 1080 g/mol. The molecule has 5 saturated carbocycles. The highest BCUT2D eigenvalue weighted by Gasteiger charge is 2.50. The van der Waals surface area contributed by atoms with E-state index in [4.69, 9.17) is 37.9 Å². The van der Waals surface area contributed by atoms with E-state index in [1.165, 1.54) is 0 Å². The molecule has 16 heteroatoms. The van der Waals surface area contributed by atoms with E-state index >= 15 is 0 Å². The molecule has 2 aliphatic heterocycles. The summed E-state index contributed by atoms with van der Waals surface area (Å²) in [5.41, 5.74) is 1.42. The van der Waals surface area contributed by atoms with Crippen molar-refractivity contribution >= 4 is 24.4 Å². The van der Waals surface area contributed by atoms with Crippen LogP contribution in [0.4, 0.5) is 9.59 Å². The average Bonchev–Trinajstić information content (AvgIpc) is 2.76. The number of amides is 2. The van der Waals surface area contributed by atoms with Gasteiger partial charge in [-0.15, -0.1) is 0 Å². The fraction of sp³-hybridized carbons (Fsp3) is 0.768. The van der Waals surface area contributed by atoms with Gasteiger partial charge in [-0.3, -0.25) is 4.79 Å². The van der Waals surface area contributed by atoms with Gasteiger partial charge < -0.3 is 57.9 Å². The summed E-state index contributed by atoms with van der Waals surface area (Å²) in [6.07, 6.45) is 18.8. The molecule has 6 unspecified atom stereocenters. The van der Waals surface area contributed by atoms with Gasteiger partial charge in [0.1, 0.15) is 37.3 Å². The number of hydrogen-bond acceptors (Lipinski definition) is 14. The third-order valence-corrected chi connectivity index (χ3v) is 21.0. The molecular formula is C69H106N2O14. The molecule has 2 saturated heterocycles. The van der Waals surface area contributed by atoms with Crippen LogP contribution >= 0.6 is 0 Å². The Morgan fingerprint density at radius 2 is 1.04 bits per heavy atom. The molecule has 16 nitrogen and oxygen atoms in total. The van der Waals surface area contributed by atoms with Gasteiger partial charge in [-0.1, -0.05) is 97.0 Å². The van der Waals surface area contributed by atoms with Gasteiger partial charge in [0.15, 0.2) is 0 Å². The number of ether oxygens (including phenoxy) is 8. The smallest absolute Gasteiger partial charge is 0.410 e. The molecule has 2 aromatic carbocycles. The normalized spacial score (nSPS) is 31.7. The van der Waals surface area contributed by atoms with E-state index in [0.29, 0.717) is 75.3 Å². The molecule has 7 fully saturated rings. The second kappa shape index (κ2) is 30.8. The number of nitrogens with zero attached hydrogens (tertiary/aromatic N) is 2. The molecule has 6 atom stereocenters. The first kappa shape index (κ1) is 66.8. The Hall–Kier alpha value is -4.16. The van der Waals surface area contributed by atoms with Gasteiger partial charge in [0.25, 0.3) is 0 Å². The van der Waals surface area contributed by atoms with Gasteiger partial charge in [-0.25, -0.2) is 14.4 Å². The fourth-order valence-electron chi connectivity index (χ4n) is 16.3. The minimum absolute atomic E-state index is 0.0150. The van der Waals surface area contributed by atoms with Crippen LogP contribution in [0.2, 0.25) is 0 Å². The SMILES string of the molecule is COCC(O)COC1CCC(C(C)(C)C2CCC(OCC3CN(C4CC(C)(C)CC(C)(CN5CC(COC6CCC(C(C)(C)C7CCC(OCC(O)COC(=O)c8ccccc8)CC7)CC6)OC5=O)C4)C(=O)O3)CC2)CC1.O=Cc1ccccc1. The Morgan fingerprint density at radius 3 is 1.49 bits per heavy atom. The zero-order valence-electron chi connectivity index (χ0n) is 52.8. The van der Waals surface area contributed by atoms with Gasteiger partial charge in [-0.05, 0) is 179 Å². The highest BCUT2D eigenvalue weighted by atomic mass is 16.6. The lowest BCUT2D eigenvalue weighted by Crippen LogP contribution is -2.51. The molecule has 0 radical (unpaired) electrons. The van der Waals surface area contributed by atoms with E-state index in [1.54, 1.807) is 43.5 Å². The molecule has 5 aliphatic carbocycles. The van der Waals surface area contributed by atoms with Crippen molar-refractivity contribution in [1.29, 1.82) is 0 Å². The highest BCUT2D eigenvalue weighted by molar-refractivity contribution is 5.89. The Balaban J connectivity index is 0.00000108. The number of cyclic esters (lactones) is 2. The van der Waals surface area contributed by atoms with E-state index in [-0.39, 0.29) is 89.7 Å². The fourth-order valence-corrected chi connectivity index (χ4v) is 16.3. The average molecular weight is 1190 g/mol. The van der Waals surface area contributed by atoms with Crippen LogP contribution in [0, 0.1) is 45.3 Å². The molecule has 0 bridgehead atoms. The van der Waals surface area contributed by atoms with Crippen molar-refractivity contribution in [3.05, 3.63) is 71.8 Å². The van der Waals surface area contributed by atoms with E-state index in [0.717, 1.165) is 134 Å². The number of esters is 1. The molecule has 85 heavy (non-hydrogen) atoms. The van der Waals surface area contributed by atoms with Crippen LogP contribution in [0.15, 0.2) is 60.7 Å². The zero-order chi connectivity index (χ0) is 60.8. The molecule has 2 N–H and O–H groups in total. The number of methoxy groups -OCH3 is 1. The highest BCUT2D eigenvalue weighted by Crippen LogP contribution is 2.52. The van der Waals surface area contributed by atoms with Crippen molar-refractivity contribution in [2.75, 3.05) is 66.4 Å². The van der Waals surface area contributed by atoms with E-state index in [1.807, 2.05) is 34.1 Å². The first-order valence-corrected chi connectivity index (χ1v) is 32.6. The van der Waals surface area contributed by atoms with E-state index in [2.05, 4.69) is 48.5 Å². The summed E-state index contributed by atoms with van der Waals surface area (Å²) in [6, 6.07) is 17.9. The predicted molar refractivity (Wildman–Crippen MR) is 325 cm³/mol. The third kappa shape index (κ3) is 19.2. The molecule has 7 aliphatic rings. The molecule has 0 spiro atoms. The van der Waals surface area contributed by atoms with Gasteiger partial charge in [0.2, 0.25) is 0 Å². The van der Waals surface area contributed by atoms with E-state index < -0.39 is 18.2 Å². The molecule has 476 valence electrons. The van der Waals surface area contributed by atoms with Crippen molar-refractivity contribution in [1.82, 2.24) is 9.80 Å². The number of hydrogen-bond donors (Lipinski definition) is 2. The minimum atomic E-state index is -0.856. The summed E-state index contributed by atoms with van der Waals surface area (Å²) in [7, 11) is 1.60. The van der Waals surface area contributed by atoms with Crippen molar-refractivity contribution < 1.29 is 67.3 Å². The number of carbonyl (C=O) groups is 4. The topological polar surface area (TPSA) is 189 Å². The van der Waals surface area contributed by atoms with Crippen LogP contribution in [0.25, 0.3) is 0 Å². The lowest BCUT2D eigenvalue weighted by atomic mass is 9.60. The van der Waals surface area contributed by atoms with Crippen LogP contribution in [0.5, 0.6) is 0 Å². The summed E-state index contributed by atoms with van der Waals surface area (Å²) in [5, 5.41) is 20.5. The number of carbonyl (C=O) groups excluding carboxylic acids is 4. The maximum absolute atomic E-state index is 13.6. The maximum atomic E-state index is 13.6. The minimum Gasteiger partial charge on any atom is -0.459 e.